The van der Waals surface area contributed by atoms with Gasteiger partial charge in [0.15, 0.2) is 0 Å². The van der Waals surface area contributed by atoms with Gasteiger partial charge in [-0.15, -0.1) is 0 Å². The van der Waals surface area contributed by atoms with Crippen molar-refractivity contribution in [3.63, 3.8) is 0 Å². The molecular weight excluding hydrogens is 322 g/mol. The molecule has 2 aromatic heterocycles. The van der Waals surface area contributed by atoms with Crippen LogP contribution in [0.3, 0.4) is 0 Å². The molecule has 0 aromatic carbocycles. The molecule has 2 aliphatic rings. The highest BCUT2D eigenvalue weighted by atomic mass is 19.3. The molecule has 4 rings (SSSR count). The van der Waals surface area contributed by atoms with Crippen LogP contribution in [0.25, 0.3) is 11.5 Å². The van der Waals surface area contributed by atoms with Gasteiger partial charge in [0.25, 0.3) is 5.89 Å². The molecule has 2 atom stereocenters. The van der Waals surface area contributed by atoms with Crippen molar-refractivity contribution in [2.75, 3.05) is 19.7 Å². The molecule has 24 heavy (non-hydrogen) atoms. The Kier molecular flexibility index (Phi) is 4.11. The van der Waals surface area contributed by atoms with Crippen molar-refractivity contribution in [2.45, 2.75) is 31.6 Å². The summed E-state index contributed by atoms with van der Waals surface area (Å²) < 4.78 is 39.6. The molecule has 0 N–H and O–H groups in total. The van der Waals surface area contributed by atoms with Crippen LogP contribution < -0.4 is 4.74 Å². The number of morpholine rings is 1. The van der Waals surface area contributed by atoms with Crippen molar-refractivity contribution in [2.24, 2.45) is 0 Å². The van der Waals surface area contributed by atoms with Crippen LogP contribution in [-0.2, 0) is 4.74 Å². The minimum absolute atomic E-state index is 0.163. The van der Waals surface area contributed by atoms with Crippen molar-refractivity contribution >= 4 is 0 Å². The second-order valence-corrected chi connectivity index (χ2v) is 5.83. The first-order valence-corrected chi connectivity index (χ1v) is 7.79. The van der Waals surface area contributed by atoms with Crippen LogP contribution in [0.4, 0.5) is 8.78 Å². The first-order chi connectivity index (χ1) is 11.7. The lowest BCUT2D eigenvalue weighted by Crippen LogP contribution is -2.42. The molecule has 2 aromatic rings. The fourth-order valence-electron chi connectivity index (χ4n) is 3.12. The average Bonchev–Trinajstić information content (AvgIpc) is 3.23. The number of rotatable bonds is 4. The van der Waals surface area contributed by atoms with Gasteiger partial charge in [-0.3, -0.25) is 4.90 Å². The van der Waals surface area contributed by atoms with E-state index in [4.69, 9.17) is 9.26 Å². The third-order valence-corrected chi connectivity index (χ3v) is 4.31. The first-order valence-electron chi connectivity index (χ1n) is 7.79. The van der Waals surface area contributed by atoms with Gasteiger partial charge < -0.3 is 14.0 Å². The van der Waals surface area contributed by atoms with Crippen molar-refractivity contribution in [3.8, 4) is 17.3 Å². The number of halogens is 2. The smallest absolute Gasteiger partial charge is 0.388 e. The van der Waals surface area contributed by atoms with E-state index in [0.717, 1.165) is 13.1 Å². The maximum Gasteiger partial charge on any atom is 0.388 e. The maximum atomic E-state index is 12.1. The highest BCUT2D eigenvalue weighted by Crippen LogP contribution is 2.30. The molecule has 2 saturated heterocycles. The molecule has 2 aliphatic heterocycles. The van der Waals surface area contributed by atoms with Crippen LogP contribution in [0.5, 0.6) is 5.88 Å². The Morgan fingerprint density at radius 2 is 2.25 bits per heavy atom. The molecule has 2 fully saturated rings. The van der Waals surface area contributed by atoms with E-state index in [0.29, 0.717) is 24.0 Å². The lowest BCUT2D eigenvalue weighted by molar-refractivity contribution is -0.0548. The molecule has 0 bridgehead atoms. The Balaban J connectivity index is 1.46. The largest absolute Gasteiger partial charge is 0.417 e. The first kappa shape index (κ1) is 15.4. The number of hydrogen-bond donors (Lipinski definition) is 0. The molecule has 0 amide bonds. The van der Waals surface area contributed by atoms with Gasteiger partial charge in [-0.05, 0) is 25.5 Å². The molecular formula is C15H16F2N4O3. The predicted molar refractivity (Wildman–Crippen MR) is 77.4 cm³/mol. The fraction of sp³-hybridized carbons (Fsp3) is 0.533. The molecule has 0 unspecified atom stereocenters. The number of nitrogens with zero attached hydrogens (tertiary/aromatic N) is 4. The van der Waals surface area contributed by atoms with Crippen LogP contribution in [-0.4, -0.2) is 52.4 Å². The van der Waals surface area contributed by atoms with Gasteiger partial charge in [0.2, 0.25) is 11.7 Å². The van der Waals surface area contributed by atoms with E-state index in [2.05, 4.69) is 24.8 Å². The van der Waals surface area contributed by atoms with Gasteiger partial charge in [0, 0.05) is 24.8 Å². The molecule has 0 aliphatic carbocycles. The minimum Gasteiger partial charge on any atom is -0.417 e. The summed E-state index contributed by atoms with van der Waals surface area (Å²) in [5, 5.41) is 3.98. The number of alkyl halides is 2. The SMILES string of the molecule is FC(F)Oc1ccc(-c2nc([C@H]3CN4CCC[C@H]4CO3)no2)cn1. The Morgan fingerprint density at radius 1 is 1.33 bits per heavy atom. The van der Waals surface area contributed by atoms with Crippen molar-refractivity contribution in [1.82, 2.24) is 20.0 Å². The third kappa shape index (κ3) is 3.09. The van der Waals surface area contributed by atoms with Crippen LogP contribution in [0, 0.1) is 0 Å². The summed E-state index contributed by atoms with van der Waals surface area (Å²) in [6, 6.07) is 3.37. The summed E-state index contributed by atoms with van der Waals surface area (Å²) in [7, 11) is 0. The molecule has 4 heterocycles. The van der Waals surface area contributed by atoms with Gasteiger partial charge in [-0.2, -0.15) is 13.8 Å². The monoisotopic (exact) mass is 338 g/mol. The van der Waals surface area contributed by atoms with Crippen molar-refractivity contribution in [1.29, 1.82) is 0 Å². The lowest BCUT2D eigenvalue weighted by Gasteiger charge is -2.33. The second-order valence-electron chi connectivity index (χ2n) is 5.83. The van der Waals surface area contributed by atoms with Gasteiger partial charge in [0.05, 0.1) is 12.2 Å². The van der Waals surface area contributed by atoms with Gasteiger partial charge >= 0.3 is 6.61 Å². The van der Waals surface area contributed by atoms with Gasteiger partial charge in [-0.25, -0.2) is 4.98 Å². The topological polar surface area (TPSA) is 73.5 Å². The summed E-state index contributed by atoms with van der Waals surface area (Å²) in [5.41, 5.74) is 0.533. The molecule has 0 radical (unpaired) electrons. The highest BCUT2D eigenvalue weighted by molar-refractivity contribution is 5.51. The standard InChI is InChI=1S/C15H16F2N4O3/c16-15(17)23-12-4-3-9(6-18-12)14-19-13(20-24-14)11-7-21-5-1-2-10(21)8-22-11/h3-4,6,10-11,15H,1-2,5,7-8H2/t10-,11+/m0/s1. The molecule has 128 valence electrons. The van der Waals surface area contributed by atoms with Crippen LogP contribution in [0.15, 0.2) is 22.9 Å². The quantitative estimate of drug-likeness (QED) is 0.846. The number of pyridine rings is 1. The highest BCUT2D eigenvalue weighted by Gasteiger charge is 2.34. The molecule has 7 nitrogen and oxygen atoms in total. The van der Waals surface area contributed by atoms with E-state index in [1.54, 1.807) is 6.07 Å². The summed E-state index contributed by atoms with van der Waals surface area (Å²) in [6.45, 7) is -0.403. The van der Waals surface area contributed by atoms with E-state index in [-0.39, 0.29) is 17.9 Å². The maximum absolute atomic E-state index is 12.1. The number of fused-ring (bicyclic) bond motifs is 1. The number of ether oxygens (including phenoxy) is 2. The molecule has 0 saturated carbocycles. The molecule has 9 heteroatoms. The van der Waals surface area contributed by atoms with E-state index >= 15 is 0 Å². The number of aromatic nitrogens is 3. The summed E-state index contributed by atoms with van der Waals surface area (Å²) in [5.74, 6) is 0.598. The Hall–Kier alpha value is -2.13. The normalized spacial score (nSPS) is 24.3. The summed E-state index contributed by atoms with van der Waals surface area (Å²) in [4.78, 5) is 10.5. The van der Waals surface area contributed by atoms with Gasteiger partial charge in [-0.1, -0.05) is 5.16 Å². The third-order valence-electron chi connectivity index (χ3n) is 4.31. The minimum atomic E-state index is -2.91. The summed E-state index contributed by atoms with van der Waals surface area (Å²) >= 11 is 0. The molecule has 0 spiro atoms. The predicted octanol–water partition coefficient (Wildman–Crippen LogP) is 2.27. The zero-order chi connectivity index (χ0) is 16.5. The van der Waals surface area contributed by atoms with Crippen molar-refractivity contribution < 1.29 is 22.8 Å². The summed E-state index contributed by atoms with van der Waals surface area (Å²) in [6.07, 6.45) is 3.50. The lowest BCUT2D eigenvalue weighted by atomic mass is 10.2. The Morgan fingerprint density at radius 3 is 3.04 bits per heavy atom. The number of hydrogen-bond acceptors (Lipinski definition) is 7. The Bertz CT molecular complexity index is 694. The van der Waals surface area contributed by atoms with E-state index in [1.807, 2.05) is 0 Å². The van der Waals surface area contributed by atoms with Crippen LogP contribution in [0.1, 0.15) is 24.8 Å². The van der Waals surface area contributed by atoms with E-state index in [9.17, 15) is 8.78 Å². The van der Waals surface area contributed by atoms with Crippen LogP contribution >= 0.6 is 0 Å². The second kappa shape index (κ2) is 6.40. The van der Waals surface area contributed by atoms with E-state index < -0.39 is 6.61 Å². The Labute approximate surface area is 136 Å². The zero-order valence-corrected chi connectivity index (χ0v) is 12.8. The van der Waals surface area contributed by atoms with Crippen LogP contribution in [0.2, 0.25) is 0 Å². The van der Waals surface area contributed by atoms with Crippen molar-refractivity contribution in [3.05, 3.63) is 24.2 Å². The average molecular weight is 338 g/mol. The van der Waals surface area contributed by atoms with E-state index in [1.165, 1.54) is 25.1 Å². The van der Waals surface area contributed by atoms with Gasteiger partial charge in [0.1, 0.15) is 6.10 Å². The zero-order valence-electron chi connectivity index (χ0n) is 12.8. The fourth-order valence-corrected chi connectivity index (χ4v) is 3.12.